The van der Waals surface area contributed by atoms with Crippen molar-refractivity contribution in [2.75, 3.05) is 7.11 Å². The third-order valence-electron chi connectivity index (χ3n) is 4.82. The fourth-order valence-corrected chi connectivity index (χ4v) is 3.44. The molecule has 0 fully saturated rings. The van der Waals surface area contributed by atoms with Crippen LogP contribution < -0.4 is 15.2 Å². The zero-order valence-corrected chi connectivity index (χ0v) is 15.0. The molecule has 6 heteroatoms. The summed E-state index contributed by atoms with van der Waals surface area (Å²) in [5, 5.41) is 17.1. The fourth-order valence-electron chi connectivity index (χ4n) is 3.44. The number of nitrogens with zero attached hydrogens (tertiary/aromatic N) is 2. The molecule has 0 bridgehead atoms. The van der Waals surface area contributed by atoms with Gasteiger partial charge in [0.2, 0.25) is 11.8 Å². The number of fused-ring (bicyclic) bond motifs is 1. The summed E-state index contributed by atoms with van der Waals surface area (Å²) in [4.78, 5) is 0. The van der Waals surface area contributed by atoms with Crippen LogP contribution in [0.5, 0.6) is 11.6 Å². The highest BCUT2D eigenvalue weighted by atomic mass is 16.5. The molecule has 0 unspecified atom stereocenters. The van der Waals surface area contributed by atoms with Crippen molar-refractivity contribution in [2.24, 2.45) is 5.73 Å². The molecule has 0 amide bonds. The topological polar surface area (TPSA) is 97.0 Å². The summed E-state index contributed by atoms with van der Waals surface area (Å²) in [7, 11) is 1.63. The van der Waals surface area contributed by atoms with Crippen molar-refractivity contribution in [1.82, 2.24) is 10.2 Å². The molecule has 0 aliphatic carbocycles. The van der Waals surface area contributed by atoms with Gasteiger partial charge in [-0.2, -0.15) is 5.26 Å². The van der Waals surface area contributed by atoms with Crippen molar-refractivity contribution >= 4 is 0 Å². The van der Waals surface area contributed by atoms with Gasteiger partial charge in [-0.1, -0.05) is 24.3 Å². The minimum absolute atomic E-state index is 0.0889. The van der Waals surface area contributed by atoms with Crippen molar-refractivity contribution in [3.05, 3.63) is 76.7 Å². The number of hydrogen-bond acceptors (Lipinski definition) is 5. The second-order valence-corrected chi connectivity index (χ2v) is 6.33. The van der Waals surface area contributed by atoms with Gasteiger partial charge in [-0.3, -0.25) is 5.10 Å². The van der Waals surface area contributed by atoms with E-state index in [-0.39, 0.29) is 11.8 Å². The molecule has 1 aliphatic heterocycles. The average Bonchev–Trinajstić information content (AvgIpc) is 3.11. The second-order valence-electron chi connectivity index (χ2n) is 6.33. The van der Waals surface area contributed by atoms with E-state index in [4.69, 9.17) is 15.2 Å². The molecule has 27 heavy (non-hydrogen) atoms. The molecule has 4 rings (SSSR count). The van der Waals surface area contributed by atoms with Crippen LogP contribution in [0.4, 0.5) is 0 Å². The van der Waals surface area contributed by atoms with E-state index < -0.39 is 0 Å². The number of nitriles is 1. The Hall–Kier alpha value is -3.72. The molecule has 3 N–H and O–H groups in total. The fraction of sp³-hybridized carbons (Fsp3) is 0.143. The number of benzene rings is 2. The Morgan fingerprint density at radius 3 is 2.59 bits per heavy atom. The number of aryl methyl sites for hydroxylation is 1. The van der Waals surface area contributed by atoms with Gasteiger partial charge in [0.05, 0.1) is 24.3 Å². The Morgan fingerprint density at radius 1 is 1.19 bits per heavy atom. The number of allylic oxidation sites excluding steroid dienone is 1. The van der Waals surface area contributed by atoms with Crippen molar-refractivity contribution in [3.8, 4) is 29.0 Å². The monoisotopic (exact) mass is 358 g/mol. The standard InChI is InChI=1S/C21H18N4O2/c1-12-5-3-4-6-15(12)17-16(11-22)20(23)27-21-18(17)19(24-25-21)13-7-9-14(26-2)10-8-13/h3-10,17H,23H2,1-2H3,(H,24,25)/t17-/m0/s1. The normalized spacial score (nSPS) is 15.7. The Labute approximate surface area is 156 Å². The summed E-state index contributed by atoms with van der Waals surface area (Å²) >= 11 is 0. The van der Waals surface area contributed by atoms with Gasteiger partial charge in [0.25, 0.3) is 0 Å². The van der Waals surface area contributed by atoms with Crippen molar-refractivity contribution in [1.29, 1.82) is 5.26 Å². The first-order chi connectivity index (χ1) is 13.1. The van der Waals surface area contributed by atoms with E-state index in [1.807, 2.05) is 55.5 Å². The summed E-state index contributed by atoms with van der Waals surface area (Å²) in [6.07, 6.45) is 0. The number of aromatic amines is 1. The molecule has 3 aromatic rings. The Bertz CT molecular complexity index is 1070. The lowest BCUT2D eigenvalue weighted by Gasteiger charge is -2.25. The van der Waals surface area contributed by atoms with Crippen LogP contribution in [0.15, 0.2) is 60.0 Å². The molecule has 2 aromatic carbocycles. The van der Waals surface area contributed by atoms with Crippen LogP contribution in [-0.2, 0) is 0 Å². The Morgan fingerprint density at radius 2 is 1.93 bits per heavy atom. The maximum atomic E-state index is 9.76. The van der Waals surface area contributed by atoms with Gasteiger partial charge in [-0.15, -0.1) is 5.10 Å². The first-order valence-electron chi connectivity index (χ1n) is 8.49. The highest BCUT2D eigenvalue weighted by Crippen LogP contribution is 2.46. The van der Waals surface area contributed by atoms with Crippen LogP contribution in [0.1, 0.15) is 22.6 Å². The van der Waals surface area contributed by atoms with Crippen LogP contribution in [0, 0.1) is 18.3 Å². The summed E-state index contributed by atoms with van der Waals surface area (Å²) < 4.78 is 10.9. The highest BCUT2D eigenvalue weighted by Gasteiger charge is 2.36. The van der Waals surface area contributed by atoms with E-state index in [0.717, 1.165) is 33.7 Å². The molecule has 0 saturated heterocycles. The molecular formula is C21H18N4O2. The number of ether oxygens (including phenoxy) is 2. The van der Waals surface area contributed by atoms with E-state index in [9.17, 15) is 5.26 Å². The van der Waals surface area contributed by atoms with Crippen molar-refractivity contribution in [3.63, 3.8) is 0 Å². The maximum Gasteiger partial charge on any atom is 0.244 e. The van der Waals surface area contributed by atoms with Gasteiger partial charge in [0.15, 0.2) is 0 Å². The molecule has 2 heterocycles. The van der Waals surface area contributed by atoms with Crippen LogP contribution >= 0.6 is 0 Å². The molecule has 0 spiro atoms. The minimum Gasteiger partial charge on any atom is -0.497 e. The number of H-pyrrole nitrogens is 1. The number of nitrogens with one attached hydrogen (secondary N) is 1. The molecule has 0 saturated carbocycles. The van der Waals surface area contributed by atoms with Gasteiger partial charge < -0.3 is 15.2 Å². The van der Waals surface area contributed by atoms with Gasteiger partial charge in [0, 0.05) is 5.56 Å². The molecule has 1 atom stereocenters. The third kappa shape index (κ3) is 2.70. The molecule has 6 nitrogen and oxygen atoms in total. The first-order valence-corrected chi connectivity index (χ1v) is 8.49. The lowest BCUT2D eigenvalue weighted by Crippen LogP contribution is -2.21. The van der Waals surface area contributed by atoms with E-state index in [1.165, 1.54) is 0 Å². The smallest absolute Gasteiger partial charge is 0.244 e. The summed E-state index contributed by atoms with van der Waals surface area (Å²) in [5.74, 6) is 0.896. The predicted molar refractivity (Wildman–Crippen MR) is 101 cm³/mol. The van der Waals surface area contributed by atoms with Crippen LogP contribution in [0.25, 0.3) is 11.3 Å². The van der Waals surface area contributed by atoms with Crippen LogP contribution in [0.2, 0.25) is 0 Å². The van der Waals surface area contributed by atoms with Crippen LogP contribution in [0.3, 0.4) is 0 Å². The highest BCUT2D eigenvalue weighted by molar-refractivity contribution is 5.71. The zero-order chi connectivity index (χ0) is 19.0. The third-order valence-corrected chi connectivity index (χ3v) is 4.82. The number of aromatic nitrogens is 2. The van der Waals surface area contributed by atoms with Gasteiger partial charge in [-0.05, 0) is 42.3 Å². The predicted octanol–water partition coefficient (Wildman–Crippen LogP) is 3.61. The van der Waals surface area contributed by atoms with Crippen LogP contribution in [-0.4, -0.2) is 17.3 Å². The SMILES string of the molecule is COc1ccc(-c2[nH]nc3c2[C@@H](c2ccccc2C)C(C#N)=C(N)O3)cc1. The molecule has 0 radical (unpaired) electrons. The average molecular weight is 358 g/mol. The van der Waals surface area contributed by atoms with Gasteiger partial charge in [0.1, 0.15) is 17.4 Å². The quantitative estimate of drug-likeness (QED) is 0.745. The number of nitrogens with two attached hydrogens (primary N) is 1. The lowest BCUT2D eigenvalue weighted by molar-refractivity contribution is 0.379. The Kier molecular flexibility index (Phi) is 4.05. The summed E-state index contributed by atoms with van der Waals surface area (Å²) in [6.45, 7) is 2.02. The molecule has 1 aliphatic rings. The Balaban J connectivity index is 1.93. The van der Waals surface area contributed by atoms with Gasteiger partial charge in [-0.25, -0.2) is 0 Å². The maximum absolute atomic E-state index is 9.76. The number of methoxy groups -OCH3 is 1. The van der Waals surface area contributed by atoms with Crippen molar-refractivity contribution < 1.29 is 9.47 Å². The van der Waals surface area contributed by atoms with E-state index >= 15 is 0 Å². The molecular weight excluding hydrogens is 340 g/mol. The van der Waals surface area contributed by atoms with Crippen molar-refractivity contribution in [2.45, 2.75) is 12.8 Å². The number of hydrogen-bond donors (Lipinski definition) is 2. The second kappa shape index (κ2) is 6.54. The number of rotatable bonds is 3. The minimum atomic E-state index is -0.351. The summed E-state index contributed by atoms with van der Waals surface area (Å²) in [6, 6.07) is 17.8. The van der Waals surface area contributed by atoms with E-state index in [1.54, 1.807) is 7.11 Å². The van der Waals surface area contributed by atoms with E-state index in [2.05, 4.69) is 16.3 Å². The van der Waals surface area contributed by atoms with E-state index in [0.29, 0.717) is 11.5 Å². The van der Waals surface area contributed by atoms with Gasteiger partial charge >= 0.3 is 0 Å². The summed E-state index contributed by atoms with van der Waals surface area (Å²) in [5.41, 5.74) is 11.0. The first kappa shape index (κ1) is 16.7. The lowest BCUT2D eigenvalue weighted by atomic mass is 9.81. The molecule has 134 valence electrons. The largest absolute Gasteiger partial charge is 0.497 e. The molecule has 1 aromatic heterocycles. The zero-order valence-electron chi connectivity index (χ0n) is 15.0.